The highest BCUT2D eigenvalue weighted by Crippen LogP contribution is 2.24. The van der Waals surface area contributed by atoms with Crippen molar-refractivity contribution in [1.82, 2.24) is 24.2 Å². The molecule has 184 valence electrons. The number of amides is 1. The zero-order valence-corrected chi connectivity index (χ0v) is 20.5. The van der Waals surface area contributed by atoms with E-state index >= 15 is 0 Å². The first-order chi connectivity index (χ1) is 17.3. The van der Waals surface area contributed by atoms with Crippen molar-refractivity contribution in [2.45, 2.75) is 11.7 Å². The van der Waals surface area contributed by atoms with Gasteiger partial charge in [-0.05, 0) is 53.6 Å². The predicted octanol–water partition coefficient (Wildman–Crippen LogP) is 3.69. The lowest BCUT2D eigenvalue weighted by Crippen LogP contribution is -2.50. The number of hydrogen-bond acceptors (Lipinski definition) is 7. The highest BCUT2D eigenvalue weighted by Gasteiger charge is 2.32. The smallest absolute Gasteiger partial charge is 0.276 e. The van der Waals surface area contributed by atoms with E-state index in [1.54, 1.807) is 47.5 Å². The number of nitrogens with one attached hydrogen (secondary N) is 1. The Morgan fingerprint density at radius 1 is 1.00 bits per heavy atom. The number of carbonyl (C=O) groups is 1. The Morgan fingerprint density at radius 2 is 1.75 bits per heavy atom. The zero-order chi connectivity index (χ0) is 25.3. The number of halogens is 1. The number of sulfonamides is 1. The Morgan fingerprint density at radius 3 is 2.47 bits per heavy atom. The van der Waals surface area contributed by atoms with E-state index in [0.717, 1.165) is 11.1 Å². The summed E-state index contributed by atoms with van der Waals surface area (Å²) in [5, 5.41) is 3.20. The third kappa shape index (κ3) is 4.72. The molecule has 1 N–H and O–H groups in total. The second kappa shape index (κ2) is 9.76. The fraction of sp³-hybridized carbons (Fsp3) is 0.208. The third-order valence-electron chi connectivity index (χ3n) is 6.04. The number of hydrogen-bond donors (Lipinski definition) is 1. The van der Waals surface area contributed by atoms with Crippen LogP contribution in [0.5, 0.6) is 0 Å². The van der Waals surface area contributed by atoms with Gasteiger partial charge in [-0.2, -0.15) is 9.21 Å². The molecular formula is C24H21ClN6O4S. The van der Waals surface area contributed by atoms with Gasteiger partial charge in [0.2, 0.25) is 5.16 Å². The lowest BCUT2D eigenvalue weighted by Gasteiger charge is -2.33. The van der Waals surface area contributed by atoms with Gasteiger partial charge in [0.15, 0.2) is 0 Å². The molecule has 0 spiro atoms. The molecule has 2 aromatic carbocycles. The van der Waals surface area contributed by atoms with Gasteiger partial charge in [-0.15, -0.1) is 0 Å². The Hall–Kier alpha value is -3.67. The summed E-state index contributed by atoms with van der Waals surface area (Å²) in [6.45, 7) is 0.844. The summed E-state index contributed by atoms with van der Waals surface area (Å²) in [6.07, 6.45) is 1.61. The number of fused-ring (bicyclic) bond motifs is 1. The van der Waals surface area contributed by atoms with Crippen molar-refractivity contribution in [2.75, 3.05) is 26.2 Å². The number of benzene rings is 2. The largest absolute Gasteiger partial charge is 0.336 e. The van der Waals surface area contributed by atoms with Gasteiger partial charge in [-0.1, -0.05) is 28.9 Å². The number of rotatable bonds is 6. The first-order valence-corrected chi connectivity index (χ1v) is 13.0. The summed E-state index contributed by atoms with van der Waals surface area (Å²) in [5.74, 6) is -0.169. The minimum Gasteiger partial charge on any atom is -0.336 e. The fourth-order valence-electron chi connectivity index (χ4n) is 4.13. The van der Waals surface area contributed by atoms with Crippen molar-refractivity contribution in [3.63, 3.8) is 0 Å². The molecular weight excluding hydrogens is 504 g/mol. The monoisotopic (exact) mass is 524 g/mol. The Bertz CT molecular complexity index is 1550. The highest BCUT2D eigenvalue weighted by atomic mass is 35.5. The summed E-state index contributed by atoms with van der Waals surface area (Å²) < 4.78 is 27.5. The molecule has 36 heavy (non-hydrogen) atoms. The highest BCUT2D eigenvalue weighted by molar-refractivity contribution is 7.89. The van der Waals surface area contributed by atoms with Crippen molar-refractivity contribution >= 4 is 38.6 Å². The van der Waals surface area contributed by atoms with Gasteiger partial charge in [-0.25, -0.2) is 13.4 Å². The van der Waals surface area contributed by atoms with E-state index in [2.05, 4.69) is 20.1 Å². The van der Waals surface area contributed by atoms with Crippen molar-refractivity contribution in [3.8, 4) is 11.1 Å². The van der Waals surface area contributed by atoms with Gasteiger partial charge in [0.1, 0.15) is 6.54 Å². The molecule has 0 radical (unpaired) electrons. The molecule has 0 atom stereocenters. The molecule has 1 amide bonds. The fourth-order valence-corrected chi connectivity index (χ4v) is 5.64. The van der Waals surface area contributed by atoms with Crippen LogP contribution in [-0.2, 0) is 16.6 Å². The number of piperazine rings is 1. The zero-order valence-electron chi connectivity index (χ0n) is 19.0. The Kier molecular flexibility index (Phi) is 6.52. The van der Waals surface area contributed by atoms with Crippen LogP contribution in [0.25, 0.3) is 22.2 Å². The van der Waals surface area contributed by atoms with Gasteiger partial charge in [0.25, 0.3) is 15.9 Å². The number of nitroso groups, excluding NO2 is 1. The Labute approximate surface area is 211 Å². The van der Waals surface area contributed by atoms with Gasteiger partial charge in [-0.3, -0.25) is 9.78 Å². The molecule has 1 fully saturated rings. The molecule has 2 aromatic heterocycles. The maximum Gasteiger partial charge on any atom is 0.276 e. The second-order valence-corrected chi connectivity index (χ2v) is 10.6. The average molecular weight is 525 g/mol. The van der Waals surface area contributed by atoms with Crippen molar-refractivity contribution in [3.05, 3.63) is 82.0 Å². The quantitative estimate of drug-likeness (QED) is 0.383. The van der Waals surface area contributed by atoms with Crippen LogP contribution in [-0.4, -0.2) is 64.7 Å². The van der Waals surface area contributed by atoms with Crippen molar-refractivity contribution in [2.24, 2.45) is 5.18 Å². The number of pyridine rings is 1. The second-order valence-electron chi connectivity index (χ2n) is 8.30. The topological polar surface area (TPSA) is 129 Å². The normalized spacial score (nSPS) is 14.8. The van der Waals surface area contributed by atoms with E-state index in [1.807, 2.05) is 18.2 Å². The SMILES string of the molecule is O=NCc1cc(-c2ccc(C(=O)N3CCN(S(=O)(=O)c4nc5cc(Cl)ccc5[nH]4)CC3)cc2)ccn1. The van der Waals surface area contributed by atoms with E-state index in [0.29, 0.717) is 27.3 Å². The van der Waals surface area contributed by atoms with Gasteiger partial charge in [0.05, 0.1) is 16.7 Å². The summed E-state index contributed by atoms with van der Waals surface area (Å²) in [7, 11) is -3.84. The van der Waals surface area contributed by atoms with E-state index in [-0.39, 0.29) is 43.8 Å². The van der Waals surface area contributed by atoms with E-state index in [4.69, 9.17) is 11.6 Å². The van der Waals surface area contributed by atoms with Crippen LogP contribution in [0.1, 0.15) is 16.1 Å². The minimum atomic E-state index is -3.84. The molecule has 1 saturated heterocycles. The molecule has 3 heterocycles. The molecule has 0 bridgehead atoms. The lowest BCUT2D eigenvalue weighted by atomic mass is 10.0. The van der Waals surface area contributed by atoms with Crippen molar-refractivity contribution < 1.29 is 13.2 Å². The number of aromatic amines is 1. The van der Waals surface area contributed by atoms with E-state index < -0.39 is 10.0 Å². The maximum absolute atomic E-state index is 13.1. The van der Waals surface area contributed by atoms with Gasteiger partial charge >= 0.3 is 0 Å². The maximum atomic E-state index is 13.1. The van der Waals surface area contributed by atoms with Crippen LogP contribution >= 0.6 is 11.6 Å². The first-order valence-electron chi connectivity index (χ1n) is 11.1. The molecule has 10 nitrogen and oxygen atoms in total. The van der Waals surface area contributed by atoms with Crippen LogP contribution in [0, 0.1) is 4.91 Å². The van der Waals surface area contributed by atoms with E-state index in [1.165, 1.54) is 4.31 Å². The summed E-state index contributed by atoms with van der Waals surface area (Å²) in [5.41, 5.74) is 3.88. The van der Waals surface area contributed by atoms with Crippen molar-refractivity contribution in [1.29, 1.82) is 0 Å². The standard InChI is InChI=1S/C24H21ClN6O4S/c25-19-5-6-21-22(14-19)29-24(28-21)36(34,35)31-11-9-30(10-12-31)23(32)17-3-1-16(2-4-17)18-7-8-26-20(13-18)15-27-33/h1-8,13-14H,9-12,15H2,(H,28,29). The molecule has 0 saturated carbocycles. The van der Waals surface area contributed by atoms with Gasteiger partial charge < -0.3 is 9.88 Å². The molecule has 0 unspecified atom stereocenters. The molecule has 0 aliphatic carbocycles. The summed E-state index contributed by atoms with van der Waals surface area (Å²) in [4.78, 5) is 36.3. The summed E-state index contributed by atoms with van der Waals surface area (Å²) in [6, 6.07) is 15.7. The molecule has 12 heteroatoms. The number of aromatic nitrogens is 3. The Balaban J connectivity index is 1.25. The van der Waals surface area contributed by atoms with Crippen LogP contribution in [0.2, 0.25) is 5.02 Å². The average Bonchev–Trinajstić information content (AvgIpc) is 3.33. The summed E-state index contributed by atoms with van der Waals surface area (Å²) >= 11 is 5.98. The molecule has 1 aliphatic rings. The number of H-pyrrole nitrogens is 1. The van der Waals surface area contributed by atoms with Crippen LogP contribution in [0.3, 0.4) is 0 Å². The first kappa shape index (κ1) is 24.0. The van der Waals surface area contributed by atoms with Gasteiger partial charge in [0, 0.05) is 43.0 Å². The minimum absolute atomic E-state index is 0.00317. The molecule has 5 rings (SSSR count). The predicted molar refractivity (Wildman–Crippen MR) is 135 cm³/mol. The lowest BCUT2D eigenvalue weighted by molar-refractivity contribution is 0.0697. The van der Waals surface area contributed by atoms with Crippen LogP contribution in [0.15, 0.2) is 71.1 Å². The molecule has 1 aliphatic heterocycles. The van der Waals surface area contributed by atoms with Crippen LogP contribution in [0.4, 0.5) is 0 Å². The number of nitrogens with zero attached hydrogens (tertiary/aromatic N) is 5. The number of imidazole rings is 1. The number of carbonyl (C=O) groups excluding carboxylic acids is 1. The van der Waals surface area contributed by atoms with E-state index in [9.17, 15) is 18.1 Å². The van der Waals surface area contributed by atoms with Crippen LogP contribution < -0.4 is 0 Å². The molecule has 4 aromatic rings. The third-order valence-corrected chi connectivity index (χ3v) is 8.00.